The topological polar surface area (TPSA) is 128 Å². The maximum atomic E-state index is 13.1. The van der Waals surface area contributed by atoms with Crippen molar-refractivity contribution in [2.45, 2.75) is 49.7 Å². The summed E-state index contributed by atoms with van der Waals surface area (Å²) in [5.74, 6) is -0.750. The van der Waals surface area contributed by atoms with E-state index in [1.54, 1.807) is 20.8 Å². The Balaban J connectivity index is 1.83. The number of anilines is 1. The molecular formula is C19H21FN4O5S. The van der Waals surface area contributed by atoms with Crippen LogP contribution in [-0.2, 0) is 20.0 Å². The fourth-order valence-electron chi connectivity index (χ4n) is 2.58. The van der Waals surface area contributed by atoms with E-state index in [0.29, 0.717) is 17.5 Å². The van der Waals surface area contributed by atoms with Gasteiger partial charge in [-0.05, 0) is 52.0 Å². The highest BCUT2D eigenvalue weighted by molar-refractivity contribution is 7.93. The number of sulfone groups is 1. The molecule has 160 valence electrons. The van der Waals surface area contributed by atoms with Crippen molar-refractivity contribution in [3.8, 4) is 0 Å². The number of carbonyl (C=O) groups is 1. The van der Waals surface area contributed by atoms with Gasteiger partial charge in [-0.15, -0.1) is 10.2 Å². The maximum Gasteiger partial charge on any atom is 0.248 e. The molecule has 0 radical (unpaired) electrons. The summed E-state index contributed by atoms with van der Waals surface area (Å²) >= 11 is 0. The average Bonchev–Trinajstić information content (AvgIpc) is 3.31. The van der Waals surface area contributed by atoms with Gasteiger partial charge in [0, 0.05) is 13.0 Å². The zero-order valence-corrected chi connectivity index (χ0v) is 17.9. The van der Waals surface area contributed by atoms with Crippen molar-refractivity contribution < 1.29 is 26.5 Å². The van der Waals surface area contributed by atoms with Crippen LogP contribution in [0.15, 0.2) is 44.2 Å². The van der Waals surface area contributed by atoms with E-state index in [9.17, 15) is 17.6 Å². The van der Waals surface area contributed by atoms with Gasteiger partial charge < -0.3 is 8.94 Å². The number of hydrogen-bond acceptors (Lipinski definition) is 8. The van der Waals surface area contributed by atoms with Crippen LogP contribution in [0.1, 0.15) is 45.2 Å². The molecule has 2 heterocycles. The Kier molecular flexibility index (Phi) is 5.27. The lowest BCUT2D eigenvalue weighted by atomic mass is 9.89. The Bertz CT molecular complexity index is 1180. The first-order chi connectivity index (χ1) is 13.9. The van der Waals surface area contributed by atoms with Crippen LogP contribution in [0, 0.1) is 12.7 Å². The molecule has 0 bridgehead atoms. The average molecular weight is 436 g/mol. The summed E-state index contributed by atoms with van der Waals surface area (Å²) in [7, 11) is -4.11. The molecule has 0 spiro atoms. The van der Waals surface area contributed by atoms with Gasteiger partial charge in [0.25, 0.3) is 0 Å². The molecule has 1 aromatic carbocycles. The van der Waals surface area contributed by atoms with Crippen LogP contribution >= 0.6 is 0 Å². The molecule has 0 saturated heterocycles. The van der Waals surface area contributed by atoms with Crippen LogP contribution < -0.4 is 5.32 Å². The van der Waals surface area contributed by atoms with Crippen molar-refractivity contribution >= 4 is 21.6 Å². The smallest absolute Gasteiger partial charge is 0.248 e. The SMILES string of the molecule is Cc1nnc(C(C)(C)c2cc(NC(=O)C(C)(C)S(=O)(=O)c3ccc(F)cc3)on2)o1. The third-order valence-corrected chi connectivity index (χ3v) is 7.21. The number of rotatable bonds is 6. The Morgan fingerprint density at radius 3 is 2.30 bits per heavy atom. The summed E-state index contributed by atoms with van der Waals surface area (Å²) in [6, 6.07) is 5.72. The van der Waals surface area contributed by atoms with Gasteiger partial charge in [-0.2, -0.15) is 0 Å². The third-order valence-electron chi connectivity index (χ3n) is 4.79. The number of aromatic nitrogens is 3. The molecule has 1 amide bonds. The Hall–Kier alpha value is -3.08. The molecule has 0 fully saturated rings. The van der Waals surface area contributed by atoms with Crippen LogP contribution in [0.4, 0.5) is 10.3 Å². The van der Waals surface area contributed by atoms with Crippen molar-refractivity contribution in [1.29, 1.82) is 0 Å². The molecule has 1 N–H and O–H groups in total. The van der Waals surface area contributed by atoms with E-state index >= 15 is 0 Å². The minimum Gasteiger partial charge on any atom is -0.425 e. The molecule has 0 aliphatic carbocycles. The highest BCUT2D eigenvalue weighted by atomic mass is 32.2. The minimum absolute atomic E-state index is 0.0401. The molecule has 0 unspecified atom stereocenters. The van der Waals surface area contributed by atoms with E-state index < -0.39 is 31.7 Å². The molecule has 0 atom stereocenters. The van der Waals surface area contributed by atoms with E-state index in [1.807, 2.05) is 0 Å². The maximum absolute atomic E-state index is 13.1. The zero-order chi connectivity index (χ0) is 22.3. The molecule has 0 aliphatic heterocycles. The molecule has 11 heteroatoms. The Morgan fingerprint density at radius 2 is 1.73 bits per heavy atom. The lowest BCUT2D eigenvalue weighted by molar-refractivity contribution is -0.118. The summed E-state index contributed by atoms with van der Waals surface area (Å²) in [4.78, 5) is 12.6. The minimum atomic E-state index is -4.11. The lowest BCUT2D eigenvalue weighted by Gasteiger charge is -2.23. The second-order valence-corrected chi connectivity index (χ2v) is 10.2. The van der Waals surface area contributed by atoms with Gasteiger partial charge in [0.15, 0.2) is 9.84 Å². The van der Waals surface area contributed by atoms with E-state index in [1.165, 1.54) is 19.9 Å². The van der Waals surface area contributed by atoms with Crippen LogP contribution in [0.25, 0.3) is 0 Å². The van der Waals surface area contributed by atoms with E-state index in [-0.39, 0.29) is 10.8 Å². The number of hydrogen-bond donors (Lipinski definition) is 1. The van der Waals surface area contributed by atoms with Gasteiger partial charge in [-0.25, -0.2) is 12.8 Å². The standard InChI is InChI=1S/C19H21FN4O5S/c1-11-22-23-17(28-11)18(2,3)14-10-15(29-24-14)21-16(25)19(4,5)30(26,27)13-8-6-12(20)7-9-13/h6-10H,1-5H3,(H,21,25). The van der Waals surface area contributed by atoms with Gasteiger partial charge in [0.05, 0.1) is 10.3 Å². The molecule has 0 aliphatic rings. The number of halogens is 1. The summed E-state index contributed by atoms with van der Waals surface area (Å²) in [5.41, 5.74) is -0.399. The fraction of sp³-hybridized carbons (Fsp3) is 0.368. The van der Waals surface area contributed by atoms with E-state index in [4.69, 9.17) is 8.94 Å². The van der Waals surface area contributed by atoms with Gasteiger partial charge in [0.1, 0.15) is 16.3 Å². The van der Waals surface area contributed by atoms with Crippen LogP contribution in [-0.4, -0.2) is 34.4 Å². The highest BCUT2D eigenvalue weighted by Crippen LogP contribution is 2.32. The predicted octanol–water partition coefficient (Wildman–Crippen LogP) is 3.02. The van der Waals surface area contributed by atoms with Crippen LogP contribution in [0.2, 0.25) is 0 Å². The second-order valence-electron chi connectivity index (χ2n) is 7.75. The van der Waals surface area contributed by atoms with Crippen molar-refractivity contribution in [1.82, 2.24) is 15.4 Å². The van der Waals surface area contributed by atoms with Gasteiger partial charge in [0.2, 0.25) is 23.6 Å². The molecule has 3 rings (SSSR count). The van der Waals surface area contributed by atoms with E-state index in [0.717, 1.165) is 24.3 Å². The summed E-state index contributed by atoms with van der Waals surface area (Å²) < 4.78 is 47.7. The summed E-state index contributed by atoms with van der Waals surface area (Å²) in [6.45, 7) is 7.73. The number of nitrogens with zero attached hydrogens (tertiary/aromatic N) is 3. The van der Waals surface area contributed by atoms with Gasteiger partial charge >= 0.3 is 0 Å². The quantitative estimate of drug-likeness (QED) is 0.584. The van der Waals surface area contributed by atoms with Crippen molar-refractivity contribution in [2.75, 3.05) is 5.32 Å². The van der Waals surface area contributed by atoms with E-state index in [2.05, 4.69) is 20.7 Å². The molecule has 9 nitrogen and oxygen atoms in total. The second kappa shape index (κ2) is 7.31. The molecular weight excluding hydrogens is 415 g/mol. The Labute approximate surface area is 172 Å². The first-order valence-electron chi connectivity index (χ1n) is 8.95. The molecule has 2 aromatic heterocycles. The van der Waals surface area contributed by atoms with Crippen molar-refractivity contribution in [3.05, 3.63) is 53.6 Å². The lowest BCUT2D eigenvalue weighted by Crippen LogP contribution is -2.44. The monoisotopic (exact) mass is 436 g/mol. The largest absolute Gasteiger partial charge is 0.425 e. The number of benzene rings is 1. The third kappa shape index (κ3) is 3.72. The number of nitrogens with one attached hydrogen (secondary N) is 1. The van der Waals surface area contributed by atoms with Crippen LogP contribution in [0.3, 0.4) is 0 Å². The van der Waals surface area contributed by atoms with Gasteiger partial charge in [-0.3, -0.25) is 10.1 Å². The van der Waals surface area contributed by atoms with Gasteiger partial charge in [-0.1, -0.05) is 5.16 Å². The zero-order valence-electron chi connectivity index (χ0n) is 17.1. The first kappa shape index (κ1) is 21.6. The molecule has 0 saturated carbocycles. The summed E-state index contributed by atoms with van der Waals surface area (Å²) in [5, 5.41) is 14.1. The first-order valence-corrected chi connectivity index (χ1v) is 10.4. The number of aryl methyl sites for hydroxylation is 1. The highest BCUT2D eigenvalue weighted by Gasteiger charge is 2.43. The normalized spacial score (nSPS) is 12.7. The summed E-state index contributed by atoms with van der Waals surface area (Å²) in [6.07, 6.45) is 0. The molecule has 3 aromatic rings. The predicted molar refractivity (Wildman–Crippen MR) is 104 cm³/mol. The molecule has 30 heavy (non-hydrogen) atoms. The number of carbonyl (C=O) groups excluding carboxylic acids is 1. The number of amides is 1. The fourth-order valence-corrected chi connectivity index (χ4v) is 3.96. The Morgan fingerprint density at radius 1 is 1.10 bits per heavy atom. The van der Waals surface area contributed by atoms with Crippen LogP contribution in [0.5, 0.6) is 0 Å². The van der Waals surface area contributed by atoms with Crippen molar-refractivity contribution in [3.63, 3.8) is 0 Å². The van der Waals surface area contributed by atoms with Crippen molar-refractivity contribution in [2.24, 2.45) is 0 Å².